The van der Waals surface area contributed by atoms with Crippen LogP contribution < -0.4 is 14.8 Å². The van der Waals surface area contributed by atoms with Crippen LogP contribution in [0.3, 0.4) is 0 Å². The minimum absolute atomic E-state index is 0.0527. The molecule has 0 radical (unpaired) electrons. The van der Waals surface area contributed by atoms with E-state index in [-0.39, 0.29) is 18.7 Å². The van der Waals surface area contributed by atoms with Gasteiger partial charge in [0, 0.05) is 32.6 Å². The van der Waals surface area contributed by atoms with Crippen LogP contribution in [0, 0.1) is 0 Å². The largest absolute Gasteiger partial charge is 0.454 e. The lowest BCUT2D eigenvalue weighted by atomic mass is 10.0. The first kappa shape index (κ1) is 11.3. The molecule has 1 fully saturated rings. The van der Waals surface area contributed by atoms with Crippen LogP contribution in [0.5, 0.6) is 11.5 Å². The molecule has 1 amide bonds. The fourth-order valence-electron chi connectivity index (χ4n) is 2.30. The molecular formula is C13H16N2O3. The lowest BCUT2D eigenvalue weighted by Crippen LogP contribution is -2.27. The molecule has 1 atom stereocenters. The molecular weight excluding hydrogens is 232 g/mol. The molecule has 1 saturated heterocycles. The second-order valence-corrected chi connectivity index (χ2v) is 4.64. The van der Waals surface area contributed by atoms with E-state index in [1.165, 1.54) is 0 Å². The molecule has 1 N–H and O–H groups in total. The zero-order valence-corrected chi connectivity index (χ0v) is 10.3. The van der Waals surface area contributed by atoms with E-state index in [0.29, 0.717) is 6.42 Å². The van der Waals surface area contributed by atoms with Gasteiger partial charge in [0.1, 0.15) is 0 Å². The van der Waals surface area contributed by atoms with E-state index in [1.807, 2.05) is 25.2 Å². The van der Waals surface area contributed by atoms with E-state index in [9.17, 15) is 4.79 Å². The monoisotopic (exact) mass is 248 g/mol. The van der Waals surface area contributed by atoms with Crippen molar-refractivity contribution in [1.82, 2.24) is 10.2 Å². The van der Waals surface area contributed by atoms with Crippen LogP contribution in [-0.4, -0.2) is 37.7 Å². The summed E-state index contributed by atoms with van der Waals surface area (Å²) >= 11 is 0. The number of likely N-dealkylation sites (N-methyl/N-ethyl adjacent to an activating group) is 1. The number of nitrogens with zero attached hydrogens (tertiary/aromatic N) is 1. The third kappa shape index (κ3) is 2.01. The lowest BCUT2D eigenvalue weighted by molar-refractivity contribution is -0.129. The standard InChI is InChI=1S/C13H16N2O3/c1-15-5-4-14-10(7-13(15)16)9-2-3-11-12(6-9)18-8-17-11/h2-3,6,10,14H,4-5,7-8H2,1H3. The van der Waals surface area contributed by atoms with Crippen LogP contribution in [0.15, 0.2) is 18.2 Å². The minimum atomic E-state index is 0.0527. The molecule has 2 aliphatic rings. The van der Waals surface area contributed by atoms with Crippen molar-refractivity contribution in [3.63, 3.8) is 0 Å². The van der Waals surface area contributed by atoms with Crippen LogP contribution in [0.2, 0.25) is 0 Å². The topological polar surface area (TPSA) is 50.8 Å². The van der Waals surface area contributed by atoms with Gasteiger partial charge in [0.15, 0.2) is 11.5 Å². The summed E-state index contributed by atoms with van der Waals surface area (Å²) in [5, 5.41) is 3.39. The Morgan fingerprint density at radius 3 is 3.06 bits per heavy atom. The quantitative estimate of drug-likeness (QED) is 0.802. The van der Waals surface area contributed by atoms with Gasteiger partial charge in [-0.15, -0.1) is 0 Å². The van der Waals surface area contributed by atoms with Gasteiger partial charge in [-0.1, -0.05) is 6.07 Å². The molecule has 0 spiro atoms. The van der Waals surface area contributed by atoms with Gasteiger partial charge in [-0.3, -0.25) is 4.79 Å². The molecule has 0 saturated carbocycles. The molecule has 2 heterocycles. The van der Waals surface area contributed by atoms with E-state index in [4.69, 9.17) is 9.47 Å². The van der Waals surface area contributed by atoms with Gasteiger partial charge in [-0.05, 0) is 17.7 Å². The number of hydrogen-bond donors (Lipinski definition) is 1. The Labute approximate surface area is 106 Å². The van der Waals surface area contributed by atoms with Crippen LogP contribution in [0.4, 0.5) is 0 Å². The number of benzene rings is 1. The maximum absolute atomic E-state index is 11.9. The summed E-state index contributed by atoms with van der Waals surface area (Å²) in [5.74, 6) is 1.71. The average Bonchev–Trinajstić information content (AvgIpc) is 2.77. The molecule has 1 unspecified atom stereocenters. The Bertz CT molecular complexity index is 475. The van der Waals surface area contributed by atoms with Gasteiger partial charge < -0.3 is 19.7 Å². The van der Waals surface area contributed by atoms with E-state index in [0.717, 1.165) is 30.2 Å². The number of amides is 1. The molecule has 0 aliphatic carbocycles. The number of nitrogens with one attached hydrogen (secondary N) is 1. The first-order valence-corrected chi connectivity index (χ1v) is 6.11. The molecule has 5 nitrogen and oxygen atoms in total. The predicted octanol–water partition coefficient (Wildman–Crippen LogP) is 0.908. The van der Waals surface area contributed by atoms with Crippen molar-refractivity contribution < 1.29 is 14.3 Å². The van der Waals surface area contributed by atoms with Crippen LogP contribution in [0.1, 0.15) is 18.0 Å². The van der Waals surface area contributed by atoms with Crippen molar-refractivity contribution in [2.45, 2.75) is 12.5 Å². The fourth-order valence-corrected chi connectivity index (χ4v) is 2.30. The predicted molar refractivity (Wildman–Crippen MR) is 65.6 cm³/mol. The van der Waals surface area contributed by atoms with Crippen molar-refractivity contribution >= 4 is 5.91 Å². The van der Waals surface area contributed by atoms with Gasteiger partial charge in [-0.25, -0.2) is 0 Å². The average molecular weight is 248 g/mol. The van der Waals surface area contributed by atoms with Gasteiger partial charge in [-0.2, -0.15) is 0 Å². The van der Waals surface area contributed by atoms with Crippen molar-refractivity contribution in [3.05, 3.63) is 23.8 Å². The second-order valence-electron chi connectivity index (χ2n) is 4.64. The van der Waals surface area contributed by atoms with Crippen molar-refractivity contribution in [3.8, 4) is 11.5 Å². The molecule has 1 aromatic rings. The molecule has 96 valence electrons. The zero-order valence-electron chi connectivity index (χ0n) is 10.3. The number of carbonyl (C=O) groups excluding carboxylic acids is 1. The Balaban J connectivity index is 1.83. The van der Waals surface area contributed by atoms with E-state index >= 15 is 0 Å². The minimum Gasteiger partial charge on any atom is -0.454 e. The first-order valence-electron chi connectivity index (χ1n) is 6.11. The fraction of sp³-hybridized carbons (Fsp3) is 0.462. The third-order valence-corrected chi connectivity index (χ3v) is 3.44. The molecule has 3 rings (SSSR count). The van der Waals surface area contributed by atoms with Gasteiger partial charge in [0.25, 0.3) is 0 Å². The Morgan fingerprint density at radius 2 is 2.17 bits per heavy atom. The van der Waals surface area contributed by atoms with Crippen LogP contribution in [0.25, 0.3) is 0 Å². The molecule has 1 aromatic carbocycles. The molecule has 0 aromatic heterocycles. The summed E-state index contributed by atoms with van der Waals surface area (Å²) in [6, 6.07) is 5.90. The highest BCUT2D eigenvalue weighted by molar-refractivity contribution is 5.77. The van der Waals surface area contributed by atoms with Crippen LogP contribution >= 0.6 is 0 Å². The highest BCUT2D eigenvalue weighted by atomic mass is 16.7. The number of ether oxygens (including phenoxy) is 2. The summed E-state index contributed by atoms with van der Waals surface area (Å²) in [5.41, 5.74) is 1.07. The van der Waals surface area contributed by atoms with Crippen molar-refractivity contribution in [1.29, 1.82) is 0 Å². The lowest BCUT2D eigenvalue weighted by Gasteiger charge is -2.15. The van der Waals surface area contributed by atoms with Gasteiger partial charge in [0.05, 0.1) is 0 Å². The number of carbonyl (C=O) groups is 1. The third-order valence-electron chi connectivity index (χ3n) is 3.44. The highest BCUT2D eigenvalue weighted by Crippen LogP contribution is 2.35. The van der Waals surface area contributed by atoms with E-state index in [2.05, 4.69) is 5.32 Å². The summed E-state index contributed by atoms with van der Waals surface area (Å²) in [7, 11) is 1.84. The number of fused-ring (bicyclic) bond motifs is 1. The highest BCUT2D eigenvalue weighted by Gasteiger charge is 2.23. The normalized spacial score (nSPS) is 23.1. The zero-order chi connectivity index (χ0) is 12.5. The van der Waals surface area contributed by atoms with E-state index < -0.39 is 0 Å². The van der Waals surface area contributed by atoms with Crippen molar-refractivity contribution in [2.24, 2.45) is 0 Å². The molecule has 5 heteroatoms. The molecule has 18 heavy (non-hydrogen) atoms. The summed E-state index contributed by atoms with van der Waals surface area (Å²) < 4.78 is 10.6. The second kappa shape index (κ2) is 4.49. The first-order chi connectivity index (χ1) is 8.74. The summed E-state index contributed by atoms with van der Waals surface area (Å²) in [6.45, 7) is 1.83. The van der Waals surface area contributed by atoms with E-state index in [1.54, 1.807) is 4.90 Å². The maximum atomic E-state index is 11.9. The van der Waals surface area contributed by atoms with Gasteiger partial charge in [0.2, 0.25) is 12.7 Å². The Kier molecular flexibility index (Phi) is 2.83. The SMILES string of the molecule is CN1CCNC(c2ccc3c(c2)OCO3)CC1=O. The Hall–Kier alpha value is -1.75. The number of rotatable bonds is 1. The Morgan fingerprint density at radius 1 is 1.33 bits per heavy atom. The van der Waals surface area contributed by atoms with Gasteiger partial charge >= 0.3 is 0 Å². The molecule has 0 bridgehead atoms. The van der Waals surface area contributed by atoms with Crippen molar-refractivity contribution in [2.75, 3.05) is 26.9 Å². The maximum Gasteiger partial charge on any atom is 0.231 e. The summed E-state index contributed by atoms with van der Waals surface area (Å²) in [4.78, 5) is 13.6. The smallest absolute Gasteiger partial charge is 0.231 e. The summed E-state index contributed by atoms with van der Waals surface area (Å²) in [6.07, 6.45) is 0.482. The molecule has 2 aliphatic heterocycles. The van der Waals surface area contributed by atoms with Crippen LogP contribution in [-0.2, 0) is 4.79 Å². The number of hydrogen-bond acceptors (Lipinski definition) is 4.